The summed E-state index contributed by atoms with van der Waals surface area (Å²) in [7, 11) is 0. The Hall–Kier alpha value is -2.74. The molecule has 0 aliphatic rings. The molecule has 0 amide bonds. The first-order valence-electron chi connectivity index (χ1n) is 7.51. The zero-order chi connectivity index (χ0) is 15.0. The fourth-order valence-corrected chi connectivity index (χ4v) is 2.26. The van der Waals surface area contributed by atoms with Gasteiger partial charge >= 0.3 is 0 Å². The Bertz CT molecular complexity index is 678. The van der Waals surface area contributed by atoms with Crippen LogP contribution in [0, 0.1) is 0 Å². The molecule has 2 nitrogen and oxygen atoms in total. The van der Waals surface area contributed by atoms with Crippen LogP contribution in [0.4, 0.5) is 5.69 Å². The van der Waals surface area contributed by atoms with Crippen LogP contribution in [0.5, 0.6) is 11.5 Å². The van der Waals surface area contributed by atoms with Crippen molar-refractivity contribution >= 4 is 5.69 Å². The van der Waals surface area contributed by atoms with Gasteiger partial charge in [-0.3, -0.25) is 0 Å². The first-order valence-corrected chi connectivity index (χ1v) is 7.51. The Kier molecular flexibility index (Phi) is 4.73. The second kappa shape index (κ2) is 7.32. The van der Waals surface area contributed by atoms with E-state index in [1.807, 2.05) is 60.7 Å². The Morgan fingerprint density at radius 2 is 1.23 bits per heavy atom. The zero-order valence-electron chi connectivity index (χ0n) is 12.4. The van der Waals surface area contributed by atoms with Gasteiger partial charge in [0.1, 0.15) is 11.5 Å². The van der Waals surface area contributed by atoms with Crippen LogP contribution in [0.3, 0.4) is 0 Å². The number of hydrogen-bond donors (Lipinski definition) is 1. The Balaban J connectivity index is 1.51. The van der Waals surface area contributed by atoms with E-state index in [1.165, 1.54) is 5.56 Å². The molecule has 3 aromatic carbocycles. The van der Waals surface area contributed by atoms with Crippen molar-refractivity contribution in [1.82, 2.24) is 0 Å². The van der Waals surface area contributed by atoms with Gasteiger partial charge in [-0.05, 0) is 48.4 Å². The monoisotopic (exact) mass is 289 g/mol. The van der Waals surface area contributed by atoms with Crippen molar-refractivity contribution < 1.29 is 4.74 Å². The molecule has 2 heteroatoms. The lowest BCUT2D eigenvalue weighted by Gasteiger charge is -2.09. The van der Waals surface area contributed by atoms with Crippen molar-refractivity contribution in [2.45, 2.75) is 6.42 Å². The quantitative estimate of drug-likeness (QED) is 0.679. The van der Waals surface area contributed by atoms with Crippen LogP contribution in [0.15, 0.2) is 84.9 Å². The van der Waals surface area contributed by atoms with Crippen LogP contribution in [0.1, 0.15) is 5.56 Å². The molecule has 0 spiro atoms. The molecule has 0 unspecified atom stereocenters. The molecule has 0 aliphatic heterocycles. The lowest BCUT2D eigenvalue weighted by molar-refractivity contribution is 0.483. The predicted molar refractivity (Wildman–Crippen MR) is 91.6 cm³/mol. The molecule has 0 radical (unpaired) electrons. The van der Waals surface area contributed by atoms with Gasteiger partial charge < -0.3 is 10.1 Å². The predicted octanol–water partition coefficient (Wildman–Crippen LogP) is 5.13. The Labute approximate surface area is 131 Å². The third-order valence-corrected chi connectivity index (χ3v) is 3.42. The number of rotatable bonds is 6. The number of nitrogens with one attached hydrogen (secondary N) is 1. The summed E-state index contributed by atoms with van der Waals surface area (Å²) in [6.07, 6.45) is 1.02. The van der Waals surface area contributed by atoms with Crippen molar-refractivity contribution in [2.75, 3.05) is 11.9 Å². The van der Waals surface area contributed by atoms with Gasteiger partial charge in [-0.1, -0.05) is 48.5 Å². The molecule has 1 N–H and O–H groups in total. The highest BCUT2D eigenvalue weighted by molar-refractivity contribution is 5.47. The topological polar surface area (TPSA) is 21.3 Å². The molecule has 0 atom stereocenters. The SMILES string of the molecule is c1ccc(CCNc2ccc(Oc3ccccc3)cc2)cc1. The lowest BCUT2D eigenvalue weighted by Crippen LogP contribution is -2.04. The van der Waals surface area contributed by atoms with E-state index < -0.39 is 0 Å². The second-order valence-electron chi connectivity index (χ2n) is 5.10. The second-order valence-corrected chi connectivity index (χ2v) is 5.10. The van der Waals surface area contributed by atoms with Crippen LogP contribution in [0.2, 0.25) is 0 Å². The summed E-state index contributed by atoms with van der Waals surface area (Å²) >= 11 is 0. The third-order valence-electron chi connectivity index (χ3n) is 3.42. The summed E-state index contributed by atoms with van der Waals surface area (Å²) in [6, 6.07) is 28.4. The number of anilines is 1. The molecule has 0 aromatic heterocycles. The van der Waals surface area contributed by atoms with Crippen molar-refractivity contribution in [3.63, 3.8) is 0 Å². The van der Waals surface area contributed by atoms with Crippen LogP contribution in [-0.4, -0.2) is 6.54 Å². The molecular weight excluding hydrogens is 270 g/mol. The van der Waals surface area contributed by atoms with Gasteiger partial charge in [-0.15, -0.1) is 0 Å². The Morgan fingerprint density at radius 1 is 0.636 bits per heavy atom. The summed E-state index contributed by atoms with van der Waals surface area (Å²) in [6.45, 7) is 0.920. The van der Waals surface area contributed by atoms with E-state index in [4.69, 9.17) is 4.74 Å². The van der Waals surface area contributed by atoms with E-state index >= 15 is 0 Å². The van der Waals surface area contributed by atoms with Gasteiger partial charge in [0, 0.05) is 12.2 Å². The average molecular weight is 289 g/mol. The standard InChI is InChI=1S/C20H19NO/c1-3-7-17(8-4-1)15-16-21-18-11-13-20(14-12-18)22-19-9-5-2-6-10-19/h1-14,21H,15-16H2. The highest BCUT2D eigenvalue weighted by Gasteiger charge is 1.97. The molecular formula is C20H19NO. The van der Waals surface area contributed by atoms with E-state index in [1.54, 1.807) is 0 Å². The summed E-state index contributed by atoms with van der Waals surface area (Å²) < 4.78 is 5.78. The average Bonchev–Trinajstić information content (AvgIpc) is 2.58. The molecule has 0 saturated carbocycles. The molecule has 110 valence electrons. The number of hydrogen-bond acceptors (Lipinski definition) is 2. The molecule has 0 bridgehead atoms. The first-order chi connectivity index (χ1) is 10.9. The van der Waals surface area contributed by atoms with E-state index in [-0.39, 0.29) is 0 Å². The normalized spacial score (nSPS) is 10.2. The van der Waals surface area contributed by atoms with Crippen LogP contribution >= 0.6 is 0 Å². The zero-order valence-corrected chi connectivity index (χ0v) is 12.4. The lowest BCUT2D eigenvalue weighted by atomic mass is 10.1. The van der Waals surface area contributed by atoms with Crippen molar-refractivity contribution in [2.24, 2.45) is 0 Å². The molecule has 3 aromatic rings. The summed E-state index contributed by atoms with van der Waals surface area (Å²) in [5.41, 5.74) is 2.45. The van der Waals surface area contributed by atoms with E-state index in [0.717, 1.165) is 30.2 Å². The first kappa shape index (κ1) is 14.2. The number of para-hydroxylation sites is 1. The fraction of sp³-hybridized carbons (Fsp3) is 0.100. The largest absolute Gasteiger partial charge is 0.457 e. The van der Waals surface area contributed by atoms with Crippen LogP contribution in [-0.2, 0) is 6.42 Å². The number of ether oxygens (including phenoxy) is 1. The number of benzene rings is 3. The Morgan fingerprint density at radius 3 is 1.91 bits per heavy atom. The minimum atomic E-state index is 0.847. The minimum absolute atomic E-state index is 0.847. The summed E-state index contributed by atoms with van der Waals surface area (Å²) in [5, 5.41) is 3.43. The maximum atomic E-state index is 5.78. The molecule has 0 aliphatic carbocycles. The molecule has 3 rings (SSSR count). The fourth-order valence-electron chi connectivity index (χ4n) is 2.26. The van der Waals surface area contributed by atoms with Crippen LogP contribution in [0.25, 0.3) is 0 Å². The van der Waals surface area contributed by atoms with Gasteiger partial charge in [-0.2, -0.15) is 0 Å². The maximum Gasteiger partial charge on any atom is 0.127 e. The van der Waals surface area contributed by atoms with E-state index in [0.29, 0.717) is 0 Å². The maximum absolute atomic E-state index is 5.78. The van der Waals surface area contributed by atoms with E-state index in [2.05, 4.69) is 29.6 Å². The van der Waals surface area contributed by atoms with Gasteiger partial charge in [0.05, 0.1) is 0 Å². The van der Waals surface area contributed by atoms with Crippen molar-refractivity contribution in [3.05, 3.63) is 90.5 Å². The third kappa shape index (κ3) is 4.13. The van der Waals surface area contributed by atoms with Crippen molar-refractivity contribution in [3.8, 4) is 11.5 Å². The van der Waals surface area contributed by atoms with E-state index in [9.17, 15) is 0 Å². The molecule has 0 saturated heterocycles. The smallest absolute Gasteiger partial charge is 0.127 e. The van der Waals surface area contributed by atoms with Crippen LogP contribution < -0.4 is 10.1 Å². The highest BCUT2D eigenvalue weighted by atomic mass is 16.5. The molecule has 0 heterocycles. The molecule has 0 fully saturated rings. The summed E-state index contributed by atoms with van der Waals surface area (Å²) in [4.78, 5) is 0. The van der Waals surface area contributed by atoms with Gasteiger partial charge in [0.2, 0.25) is 0 Å². The van der Waals surface area contributed by atoms with Gasteiger partial charge in [0.15, 0.2) is 0 Å². The highest BCUT2D eigenvalue weighted by Crippen LogP contribution is 2.22. The minimum Gasteiger partial charge on any atom is -0.457 e. The van der Waals surface area contributed by atoms with Crippen molar-refractivity contribution in [1.29, 1.82) is 0 Å². The summed E-state index contributed by atoms with van der Waals surface area (Å²) in [5.74, 6) is 1.70. The van der Waals surface area contributed by atoms with Gasteiger partial charge in [0.25, 0.3) is 0 Å². The molecule has 22 heavy (non-hydrogen) atoms. The van der Waals surface area contributed by atoms with Gasteiger partial charge in [-0.25, -0.2) is 0 Å².